The van der Waals surface area contributed by atoms with E-state index in [0.717, 1.165) is 0 Å². The van der Waals surface area contributed by atoms with Crippen LogP contribution in [-0.2, 0) is 4.79 Å². The number of nitrogens with two attached hydrogens (primary N) is 1. The monoisotopic (exact) mass is 222 g/mol. The highest BCUT2D eigenvalue weighted by molar-refractivity contribution is 5.93. The Morgan fingerprint density at radius 3 is 2.62 bits per heavy atom. The molecule has 0 bridgehead atoms. The van der Waals surface area contributed by atoms with E-state index in [0.29, 0.717) is 11.3 Å². The molecule has 4 N–H and O–H groups in total. The Labute approximate surface area is 93.3 Å². The number of anilines is 1. The molecular weight excluding hydrogens is 208 g/mol. The average molecular weight is 222 g/mol. The van der Waals surface area contributed by atoms with Crippen molar-refractivity contribution in [3.8, 4) is 0 Å². The molecule has 0 aliphatic carbocycles. The Morgan fingerprint density at radius 1 is 1.44 bits per heavy atom. The predicted molar refractivity (Wildman–Crippen MR) is 60.4 cm³/mol. The Bertz CT molecular complexity index is 416. The largest absolute Gasteiger partial charge is 0.478 e. The molecule has 86 valence electrons. The van der Waals surface area contributed by atoms with Crippen molar-refractivity contribution < 1.29 is 14.7 Å². The van der Waals surface area contributed by atoms with Gasteiger partial charge in [-0.25, -0.2) is 4.79 Å². The number of benzene rings is 1. The van der Waals surface area contributed by atoms with Crippen molar-refractivity contribution in [2.45, 2.75) is 13.3 Å². The third-order valence-corrected chi connectivity index (χ3v) is 2.12. The van der Waals surface area contributed by atoms with Gasteiger partial charge in [-0.15, -0.1) is 0 Å². The zero-order valence-corrected chi connectivity index (χ0v) is 8.99. The number of amides is 1. The first-order chi connectivity index (χ1) is 7.54. The number of hydrogen-bond acceptors (Lipinski definition) is 3. The summed E-state index contributed by atoms with van der Waals surface area (Å²) < 4.78 is 0. The van der Waals surface area contributed by atoms with Crippen molar-refractivity contribution in [1.82, 2.24) is 0 Å². The van der Waals surface area contributed by atoms with Gasteiger partial charge in [0.15, 0.2) is 0 Å². The lowest BCUT2D eigenvalue weighted by Gasteiger charge is -2.08. The van der Waals surface area contributed by atoms with Gasteiger partial charge < -0.3 is 16.2 Å². The molecule has 1 aromatic rings. The maximum atomic E-state index is 11.3. The van der Waals surface area contributed by atoms with Crippen LogP contribution in [-0.4, -0.2) is 23.5 Å². The van der Waals surface area contributed by atoms with Gasteiger partial charge in [0.05, 0.1) is 5.56 Å². The fourth-order valence-electron chi connectivity index (χ4n) is 1.28. The maximum Gasteiger partial charge on any atom is 0.335 e. The van der Waals surface area contributed by atoms with Crippen LogP contribution in [0.15, 0.2) is 18.2 Å². The first-order valence-electron chi connectivity index (χ1n) is 4.88. The van der Waals surface area contributed by atoms with E-state index in [1.54, 1.807) is 13.0 Å². The molecule has 0 fully saturated rings. The Balaban J connectivity index is 2.83. The summed E-state index contributed by atoms with van der Waals surface area (Å²) in [6.07, 6.45) is 0.250. The van der Waals surface area contributed by atoms with Crippen LogP contribution in [0.25, 0.3) is 0 Å². The maximum absolute atomic E-state index is 11.3. The van der Waals surface area contributed by atoms with Crippen LogP contribution < -0.4 is 11.1 Å². The lowest BCUT2D eigenvalue weighted by molar-refractivity contribution is -0.116. The van der Waals surface area contributed by atoms with E-state index >= 15 is 0 Å². The van der Waals surface area contributed by atoms with E-state index in [-0.39, 0.29) is 24.4 Å². The van der Waals surface area contributed by atoms with Crippen LogP contribution in [0.3, 0.4) is 0 Å². The summed E-state index contributed by atoms with van der Waals surface area (Å²) in [5, 5.41) is 11.4. The Morgan fingerprint density at radius 2 is 2.12 bits per heavy atom. The number of carboxylic acids is 1. The molecule has 0 saturated carbocycles. The Hall–Kier alpha value is -1.88. The fraction of sp³-hybridized carbons (Fsp3) is 0.273. The molecule has 5 nitrogen and oxygen atoms in total. The van der Waals surface area contributed by atoms with Gasteiger partial charge in [-0.2, -0.15) is 0 Å². The molecule has 0 heterocycles. The number of nitrogens with one attached hydrogen (secondary N) is 1. The fourth-order valence-corrected chi connectivity index (χ4v) is 1.28. The van der Waals surface area contributed by atoms with Crippen LogP contribution in [0, 0.1) is 6.92 Å². The lowest BCUT2D eigenvalue weighted by atomic mass is 10.1. The lowest BCUT2D eigenvalue weighted by Crippen LogP contribution is -2.16. The second kappa shape index (κ2) is 5.27. The summed E-state index contributed by atoms with van der Waals surface area (Å²) >= 11 is 0. The van der Waals surface area contributed by atoms with Crippen molar-refractivity contribution in [3.05, 3.63) is 29.3 Å². The molecule has 1 rings (SSSR count). The molecule has 0 aromatic heterocycles. The molecule has 0 aliphatic rings. The molecule has 16 heavy (non-hydrogen) atoms. The van der Waals surface area contributed by atoms with Crippen LogP contribution in [0.2, 0.25) is 0 Å². The highest BCUT2D eigenvalue weighted by Gasteiger charge is 2.07. The second-order valence-electron chi connectivity index (χ2n) is 3.42. The summed E-state index contributed by atoms with van der Waals surface area (Å²) in [6.45, 7) is 2.03. The normalized spacial score (nSPS) is 9.88. The minimum absolute atomic E-state index is 0.173. The quantitative estimate of drug-likeness (QED) is 0.708. The van der Waals surface area contributed by atoms with E-state index < -0.39 is 5.97 Å². The van der Waals surface area contributed by atoms with Crippen molar-refractivity contribution in [3.63, 3.8) is 0 Å². The van der Waals surface area contributed by atoms with Crippen LogP contribution in [0.4, 0.5) is 5.69 Å². The summed E-state index contributed by atoms with van der Waals surface area (Å²) in [6, 6.07) is 4.54. The van der Waals surface area contributed by atoms with E-state index in [4.69, 9.17) is 10.8 Å². The molecular formula is C11H14N2O3. The van der Waals surface area contributed by atoms with Gasteiger partial charge in [-0.1, -0.05) is 0 Å². The zero-order chi connectivity index (χ0) is 12.1. The van der Waals surface area contributed by atoms with Crippen molar-refractivity contribution in [1.29, 1.82) is 0 Å². The molecule has 0 radical (unpaired) electrons. The molecule has 0 spiro atoms. The molecule has 0 aliphatic heterocycles. The average Bonchev–Trinajstić information content (AvgIpc) is 2.21. The van der Waals surface area contributed by atoms with Crippen molar-refractivity contribution in [2.75, 3.05) is 11.9 Å². The SMILES string of the molecule is Cc1cc(C(=O)O)ccc1NC(=O)CCN. The van der Waals surface area contributed by atoms with Gasteiger partial charge >= 0.3 is 5.97 Å². The van der Waals surface area contributed by atoms with Crippen LogP contribution in [0.5, 0.6) is 0 Å². The number of aromatic carboxylic acids is 1. The number of rotatable bonds is 4. The third kappa shape index (κ3) is 3.06. The summed E-state index contributed by atoms with van der Waals surface area (Å²) in [5.41, 5.74) is 6.78. The highest BCUT2D eigenvalue weighted by atomic mass is 16.4. The van der Waals surface area contributed by atoms with Crippen LogP contribution >= 0.6 is 0 Å². The predicted octanol–water partition coefficient (Wildman–Crippen LogP) is 0.981. The van der Waals surface area contributed by atoms with E-state index in [2.05, 4.69) is 5.32 Å². The standard InChI is InChI=1S/C11H14N2O3/c1-7-6-8(11(15)16)2-3-9(7)13-10(14)4-5-12/h2-3,6H,4-5,12H2,1H3,(H,13,14)(H,15,16). The van der Waals surface area contributed by atoms with E-state index in [1.165, 1.54) is 12.1 Å². The van der Waals surface area contributed by atoms with E-state index in [1.807, 2.05) is 0 Å². The molecule has 0 unspecified atom stereocenters. The van der Waals surface area contributed by atoms with Crippen molar-refractivity contribution in [2.24, 2.45) is 5.73 Å². The number of carbonyl (C=O) groups is 2. The van der Waals surface area contributed by atoms with Gasteiger partial charge in [0.25, 0.3) is 0 Å². The first kappa shape index (κ1) is 12.2. The molecule has 5 heteroatoms. The zero-order valence-electron chi connectivity index (χ0n) is 8.99. The van der Waals surface area contributed by atoms with Crippen LogP contribution in [0.1, 0.15) is 22.3 Å². The molecule has 1 aromatic carbocycles. The third-order valence-electron chi connectivity index (χ3n) is 2.12. The number of carbonyl (C=O) groups excluding carboxylic acids is 1. The summed E-state index contributed by atoms with van der Waals surface area (Å²) in [5.74, 6) is -1.16. The summed E-state index contributed by atoms with van der Waals surface area (Å²) in [7, 11) is 0. The smallest absolute Gasteiger partial charge is 0.335 e. The number of aryl methyl sites for hydroxylation is 1. The topological polar surface area (TPSA) is 92.4 Å². The number of carboxylic acid groups (broad SMARTS) is 1. The Kier molecular flexibility index (Phi) is 4.02. The minimum Gasteiger partial charge on any atom is -0.478 e. The van der Waals surface area contributed by atoms with Gasteiger partial charge in [0, 0.05) is 18.7 Å². The van der Waals surface area contributed by atoms with Gasteiger partial charge in [-0.3, -0.25) is 4.79 Å². The molecule has 0 saturated heterocycles. The van der Waals surface area contributed by atoms with Gasteiger partial charge in [0.2, 0.25) is 5.91 Å². The summed E-state index contributed by atoms with van der Waals surface area (Å²) in [4.78, 5) is 22.0. The minimum atomic E-state index is -0.983. The molecule has 0 atom stereocenters. The highest BCUT2D eigenvalue weighted by Crippen LogP contribution is 2.16. The van der Waals surface area contributed by atoms with Crippen molar-refractivity contribution >= 4 is 17.6 Å². The van der Waals surface area contributed by atoms with Gasteiger partial charge in [-0.05, 0) is 30.7 Å². The second-order valence-corrected chi connectivity index (χ2v) is 3.42. The van der Waals surface area contributed by atoms with Gasteiger partial charge in [0.1, 0.15) is 0 Å². The van der Waals surface area contributed by atoms with E-state index in [9.17, 15) is 9.59 Å². The number of hydrogen-bond donors (Lipinski definition) is 3. The first-order valence-corrected chi connectivity index (χ1v) is 4.88. The molecule has 1 amide bonds.